The smallest absolute Gasteiger partial charge is 0.306 e. The van der Waals surface area contributed by atoms with Gasteiger partial charge in [-0.25, -0.2) is 4.98 Å². The highest BCUT2D eigenvalue weighted by atomic mass is 35.5. The summed E-state index contributed by atoms with van der Waals surface area (Å²) in [5, 5.41) is 12.8. The number of imidazole rings is 1. The number of aliphatic hydroxyl groups is 1. The Morgan fingerprint density at radius 3 is 2.35 bits per heavy atom. The number of aromatic nitrogens is 2. The van der Waals surface area contributed by atoms with E-state index in [1.807, 2.05) is 72.8 Å². The van der Waals surface area contributed by atoms with Gasteiger partial charge in [0.05, 0.1) is 35.5 Å². The van der Waals surface area contributed by atoms with E-state index in [0.29, 0.717) is 54.6 Å². The van der Waals surface area contributed by atoms with E-state index in [9.17, 15) is 29.1 Å². The van der Waals surface area contributed by atoms with Crippen molar-refractivity contribution in [2.45, 2.75) is 115 Å². The molecule has 388 valence electrons. The number of aliphatic hydroxyl groups excluding tert-OH is 1. The molecular formula is C54H65Cl3N4O11. The topological polar surface area (TPSA) is 176 Å². The molecule has 0 radical (unpaired) electrons. The summed E-state index contributed by atoms with van der Waals surface area (Å²) in [6.07, 6.45) is 11.2. The number of halogens is 3. The van der Waals surface area contributed by atoms with E-state index in [-0.39, 0.29) is 54.8 Å². The average molecular weight is 1050 g/mol. The minimum atomic E-state index is -1.55. The Labute approximate surface area is 436 Å². The van der Waals surface area contributed by atoms with Crippen molar-refractivity contribution in [1.29, 1.82) is 0 Å². The van der Waals surface area contributed by atoms with Crippen molar-refractivity contribution in [1.82, 2.24) is 14.5 Å². The highest BCUT2D eigenvalue weighted by molar-refractivity contribution is 6.35. The van der Waals surface area contributed by atoms with Gasteiger partial charge in [0.15, 0.2) is 18.0 Å². The molecule has 2 aliphatic heterocycles. The first-order valence-corrected chi connectivity index (χ1v) is 26.0. The van der Waals surface area contributed by atoms with E-state index in [1.54, 1.807) is 51.5 Å². The van der Waals surface area contributed by atoms with Crippen LogP contribution in [0.4, 0.5) is 5.69 Å². The second-order valence-electron chi connectivity index (χ2n) is 20.4. The number of carbonyl (C=O) groups excluding carboxylic acids is 5. The molecule has 10 atom stereocenters. The third-order valence-corrected chi connectivity index (χ3v) is 17.8. The summed E-state index contributed by atoms with van der Waals surface area (Å²) in [4.78, 5) is 69.3. The van der Waals surface area contributed by atoms with Crippen LogP contribution in [0.25, 0.3) is 0 Å². The molecule has 0 unspecified atom stereocenters. The van der Waals surface area contributed by atoms with Gasteiger partial charge in [-0.1, -0.05) is 75.5 Å². The number of alkyl halides is 1. The molecule has 3 saturated carbocycles. The van der Waals surface area contributed by atoms with E-state index in [4.69, 9.17) is 58.5 Å². The van der Waals surface area contributed by atoms with Crippen molar-refractivity contribution in [3.8, 4) is 5.75 Å². The van der Waals surface area contributed by atoms with Crippen LogP contribution in [0.2, 0.25) is 10.0 Å². The highest BCUT2D eigenvalue weighted by Crippen LogP contribution is 2.72. The maximum atomic E-state index is 13.9. The van der Waals surface area contributed by atoms with Crippen LogP contribution >= 0.6 is 34.8 Å². The number of esters is 2. The molecule has 0 bridgehead atoms. The Morgan fingerprint density at radius 2 is 1.69 bits per heavy atom. The summed E-state index contributed by atoms with van der Waals surface area (Å²) in [7, 11) is 0. The zero-order chi connectivity index (χ0) is 51.8. The first-order chi connectivity index (χ1) is 34.2. The van der Waals surface area contributed by atoms with Gasteiger partial charge in [-0.15, -0.1) is 11.6 Å². The van der Waals surface area contributed by atoms with Crippen LogP contribution in [0.1, 0.15) is 85.6 Å². The second-order valence-corrected chi connectivity index (χ2v) is 21.8. The first kappa shape index (κ1) is 53.5. The fraction of sp³-hybridized carbons (Fsp3) is 0.556. The normalized spacial score (nSPS) is 32.6. The molecule has 1 N–H and O–H groups in total. The van der Waals surface area contributed by atoms with E-state index < -0.39 is 57.5 Å². The highest BCUT2D eigenvalue weighted by Gasteiger charge is 2.76. The van der Waals surface area contributed by atoms with Crippen LogP contribution in [0.15, 0.2) is 85.0 Å². The van der Waals surface area contributed by atoms with Crippen molar-refractivity contribution >= 4 is 69.9 Å². The number of anilines is 1. The lowest BCUT2D eigenvalue weighted by molar-refractivity contribution is -0.203. The molecule has 9 rings (SSSR count). The second kappa shape index (κ2) is 21.2. The molecule has 72 heavy (non-hydrogen) atoms. The fourth-order valence-corrected chi connectivity index (χ4v) is 13.7. The van der Waals surface area contributed by atoms with Gasteiger partial charge in [0, 0.05) is 91.4 Å². The zero-order valence-corrected chi connectivity index (χ0v) is 44.0. The first-order valence-electron chi connectivity index (χ1n) is 24.9. The Kier molecular flexibility index (Phi) is 15.8. The molecule has 2 aromatic carbocycles. The van der Waals surface area contributed by atoms with Gasteiger partial charge in [-0.2, -0.15) is 0 Å². The Balaban J connectivity index is 0.000000193. The summed E-state index contributed by atoms with van der Waals surface area (Å²) in [5.41, 5.74) is -0.446. The standard InChI is InChI=1S/C28H37ClO7.C26H28Cl2N4O4/c1-6-23(33)35-15-22(32)28(36-24(34)7-2)16(3)12-20-19-9-8-17-13-18(30)10-11-25(17,4)27(19,29)21(31)14-26(20,28)5;1-19(33)31-10-12-32(13-11-31)21-3-5-22(6-4-21)34-15-23-16-35-26(36-23,17-30-9-8-29-18-30)24-7-2-20(27)14-25(24)28/h10-11,13,16,19-21,31H,6-9,12,14-15H2,1-5H3;2-9,14,18,23H,10-13,15-17H2,1H3/t16-,19-,20-,21-,25-,26-,27-,28-;23-,26-/m00/s1. The number of fused-ring (bicyclic) bond motifs is 5. The summed E-state index contributed by atoms with van der Waals surface area (Å²) >= 11 is 20.1. The van der Waals surface area contributed by atoms with Gasteiger partial charge in [0.25, 0.3) is 0 Å². The summed E-state index contributed by atoms with van der Waals surface area (Å²) in [6.45, 7) is 14.4. The van der Waals surface area contributed by atoms with Crippen LogP contribution in [-0.4, -0.2) is 118 Å². The Bertz CT molecular complexity index is 2590. The van der Waals surface area contributed by atoms with Crippen molar-refractivity contribution in [3.05, 3.63) is 101 Å². The van der Waals surface area contributed by atoms with Crippen molar-refractivity contribution in [3.63, 3.8) is 0 Å². The number of rotatable bonds is 13. The number of amides is 1. The molecule has 3 aromatic rings. The molecule has 0 spiro atoms. The Morgan fingerprint density at radius 1 is 0.972 bits per heavy atom. The van der Waals surface area contributed by atoms with Crippen LogP contribution in [0.5, 0.6) is 5.75 Å². The number of hydrogen-bond donors (Lipinski definition) is 1. The molecule has 5 fully saturated rings. The monoisotopic (exact) mass is 1050 g/mol. The third-order valence-electron chi connectivity index (χ3n) is 16.3. The van der Waals surface area contributed by atoms with E-state index in [2.05, 4.69) is 9.88 Å². The van der Waals surface area contributed by atoms with E-state index in [1.165, 1.54) is 6.08 Å². The van der Waals surface area contributed by atoms with Gasteiger partial charge in [-0.05, 0) is 86.1 Å². The minimum Gasteiger partial charge on any atom is -0.491 e. The maximum absolute atomic E-state index is 13.9. The molecule has 1 aromatic heterocycles. The number of Topliss-reactive ketones (excluding diaryl/α,β-unsaturated/α-hetero) is 1. The number of ketones is 2. The van der Waals surface area contributed by atoms with Gasteiger partial charge in [-0.3, -0.25) is 24.0 Å². The van der Waals surface area contributed by atoms with Crippen molar-refractivity contribution in [2.75, 3.05) is 50.9 Å². The number of allylic oxidation sites excluding steroid dienone is 4. The van der Waals surface area contributed by atoms with Gasteiger partial charge >= 0.3 is 11.9 Å². The molecule has 1 amide bonds. The number of hydrogen-bond acceptors (Lipinski definition) is 13. The lowest BCUT2D eigenvalue weighted by Crippen LogP contribution is -2.69. The predicted molar refractivity (Wildman–Crippen MR) is 271 cm³/mol. The summed E-state index contributed by atoms with van der Waals surface area (Å²) in [5.74, 6) is -2.44. The van der Waals surface area contributed by atoms with Gasteiger partial charge < -0.3 is 43.2 Å². The number of piperazine rings is 1. The summed E-state index contributed by atoms with van der Waals surface area (Å²) in [6, 6.07) is 13.3. The molecule has 18 heteroatoms. The molecule has 6 aliphatic rings. The average Bonchev–Trinajstić information content (AvgIpc) is 4.08. The zero-order valence-electron chi connectivity index (χ0n) is 41.7. The number of ether oxygens (including phenoxy) is 5. The predicted octanol–water partition coefficient (Wildman–Crippen LogP) is 8.29. The quantitative estimate of drug-likeness (QED) is 0.128. The van der Waals surface area contributed by atoms with Gasteiger partial charge in [0.1, 0.15) is 18.5 Å². The molecule has 3 heterocycles. The van der Waals surface area contributed by atoms with Crippen LogP contribution in [-0.2, 0) is 55.3 Å². The summed E-state index contributed by atoms with van der Waals surface area (Å²) < 4.78 is 31.9. The molecule has 2 saturated heterocycles. The molecule has 4 aliphatic carbocycles. The van der Waals surface area contributed by atoms with E-state index >= 15 is 0 Å². The SMILES string of the molecule is CC(=O)N1CCN(c2ccc(OC[C@H]3CO[C@](Cn4ccnc4)(c4ccc(Cl)cc4Cl)O3)cc2)CC1.CCC(=O)OCC(=O)[C@@]1(OC(=O)CC)[C@@H](C)C[C@H]2[C@@H]3CCC4=CC(=O)C=C[C@]4(C)[C@@]3(Cl)[C@@H](O)C[C@@]21C. The fourth-order valence-electron chi connectivity index (χ4n) is 12.6. The van der Waals surface area contributed by atoms with Crippen LogP contribution in [0, 0.1) is 28.6 Å². The van der Waals surface area contributed by atoms with Crippen LogP contribution < -0.4 is 9.64 Å². The molecule has 15 nitrogen and oxygen atoms in total. The lowest BCUT2D eigenvalue weighted by atomic mass is 9.45. The minimum absolute atomic E-state index is 0.0801. The van der Waals surface area contributed by atoms with Crippen LogP contribution in [0.3, 0.4) is 0 Å². The van der Waals surface area contributed by atoms with E-state index in [0.717, 1.165) is 43.2 Å². The third kappa shape index (κ3) is 9.74. The Hall–Kier alpha value is -4.77. The molecular weight excluding hydrogens is 987 g/mol. The largest absolute Gasteiger partial charge is 0.491 e. The number of carbonyl (C=O) groups is 5. The van der Waals surface area contributed by atoms with Gasteiger partial charge in [0.2, 0.25) is 17.5 Å². The lowest BCUT2D eigenvalue weighted by Gasteiger charge is -2.64. The number of nitrogens with zero attached hydrogens (tertiary/aromatic N) is 4. The van der Waals surface area contributed by atoms with Crippen molar-refractivity contribution < 1.29 is 52.8 Å². The van der Waals surface area contributed by atoms with Crippen molar-refractivity contribution in [2.24, 2.45) is 28.6 Å². The number of benzene rings is 2. The maximum Gasteiger partial charge on any atom is 0.306 e.